The molecule has 27 heavy (non-hydrogen) atoms. The molecule has 2 amide bonds. The minimum atomic E-state index is -0.0801. The van der Waals surface area contributed by atoms with Crippen molar-refractivity contribution in [3.63, 3.8) is 0 Å². The third kappa shape index (κ3) is 3.80. The van der Waals surface area contributed by atoms with Gasteiger partial charge in [0, 0.05) is 30.3 Å². The summed E-state index contributed by atoms with van der Waals surface area (Å²) in [5.74, 6) is 2.79. The molecular weight excluding hydrogens is 356 g/mol. The van der Waals surface area contributed by atoms with E-state index in [1.165, 1.54) is 24.1 Å². The van der Waals surface area contributed by atoms with Crippen LogP contribution in [0.15, 0.2) is 17.5 Å². The molecule has 0 spiro atoms. The second-order valence-electron chi connectivity index (χ2n) is 9.25. The zero-order valence-corrected chi connectivity index (χ0v) is 17.4. The van der Waals surface area contributed by atoms with Gasteiger partial charge < -0.3 is 10.2 Å². The molecule has 1 atom stereocenters. The topological polar surface area (TPSA) is 49.4 Å². The van der Waals surface area contributed by atoms with E-state index in [1.807, 2.05) is 23.4 Å². The molecule has 0 radical (unpaired) electrons. The highest BCUT2D eigenvalue weighted by Crippen LogP contribution is 2.60. The average Bonchev–Trinajstić information content (AvgIpc) is 3.17. The van der Waals surface area contributed by atoms with E-state index < -0.39 is 0 Å². The maximum Gasteiger partial charge on any atom is 0.226 e. The van der Waals surface area contributed by atoms with Crippen LogP contribution in [0.5, 0.6) is 0 Å². The summed E-state index contributed by atoms with van der Waals surface area (Å²) in [5, 5.41) is 5.23. The quantitative estimate of drug-likeness (QED) is 0.705. The Hall–Kier alpha value is -1.36. The Morgan fingerprint density at radius 2 is 1.85 bits per heavy atom. The molecule has 5 heteroatoms. The van der Waals surface area contributed by atoms with Crippen molar-refractivity contribution < 1.29 is 9.59 Å². The van der Waals surface area contributed by atoms with Gasteiger partial charge in [0.25, 0.3) is 0 Å². The largest absolute Gasteiger partial charge is 0.356 e. The minimum absolute atomic E-state index is 0.0801. The number of amides is 2. The second-order valence-corrected chi connectivity index (χ2v) is 10.2. The smallest absolute Gasteiger partial charge is 0.226 e. The third-order valence-electron chi connectivity index (χ3n) is 7.30. The molecule has 4 fully saturated rings. The van der Waals surface area contributed by atoms with Crippen LogP contribution in [0, 0.1) is 23.2 Å². The molecule has 5 rings (SSSR count). The van der Waals surface area contributed by atoms with Crippen LogP contribution in [-0.2, 0) is 9.59 Å². The van der Waals surface area contributed by atoms with Gasteiger partial charge in [-0.25, -0.2) is 0 Å². The fraction of sp³-hybridized carbons (Fsp3) is 0.727. The van der Waals surface area contributed by atoms with Crippen LogP contribution in [0.1, 0.15) is 69.2 Å². The van der Waals surface area contributed by atoms with Gasteiger partial charge in [0.1, 0.15) is 0 Å². The Balaban J connectivity index is 1.22. The predicted molar refractivity (Wildman–Crippen MR) is 108 cm³/mol. The van der Waals surface area contributed by atoms with Crippen LogP contribution >= 0.6 is 11.3 Å². The van der Waals surface area contributed by atoms with Gasteiger partial charge in [-0.05, 0) is 81.1 Å². The van der Waals surface area contributed by atoms with Crippen LogP contribution in [0.25, 0.3) is 0 Å². The maximum atomic E-state index is 12.9. The summed E-state index contributed by atoms with van der Waals surface area (Å²) in [6.45, 7) is 2.69. The van der Waals surface area contributed by atoms with Gasteiger partial charge in [-0.3, -0.25) is 9.59 Å². The van der Waals surface area contributed by atoms with Crippen molar-refractivity contribution in [1.29, 1.82) is 0 Å². The standard InChI is InChI=1S/C22H32N2O2S/c1-15(19-5-4-8-27-19)24(2)20(25)6-3-7-23-21(26)22-12-16-9-17(13-22)11-18(10-16)14-22/h4-5,8,15-18H,3,6-7,9-14H2,1-2H3,(H,23,26). The highest BCUT2D eigenvalue weighted by molar-refractivity contribution is 7.10. The van der Waals surface area contributed by atoms with Crippen molar-refractivity contribution in [2.24, 2.45) is 23.2 Å². The lowest BCUT2D eigenvalue weighted by Crippen LogP contribution is -2.53. The lowest BCUT2D eigenvalue weighted by atomic mass is 9.49. The molecule has 4 bridgehead atoms. The fourth-order valence-corrected chi connectivity index (χ4v) is 6.96. The molecule has 4 nitrogen and oxygen atoms in total. The van der Waals surface area contributed by atoms with Crippen molar-refractivity contribution in [2.45, 2.75) is 64.3 Å². The molecule has 0 saturated heterocycles. The number of carbonyl (C=O) groups is 2. The van der Waals surface area contributed by atoms with E-state index >= 15 is 0 Å². The minimum Gasteiger partial charge on any atom is -0.356 e. The molecule has 1 unspecified atom stereocenters. The van der Waals surface area contributed by atoms with E-state index in [0.717, 1.165) is 43.4 Å². The van der Waals surface area contributed by atoms with Gasteiger partial charge in [0.15, 0.2) is 0 Å². The molecule has 4 aliphatic carbocycles. The first kappa shape index (κ1) is 19.0. The van der Waals surface area contributed by atoms with Crippen molar-refractivity contribution in [3.05, 3.63) is 22.4 Å². The number of hydrogen-bond donors (Lipinski definition) is 1. The molecule has 148 valence electrons. The summed E-state index contributed by atoms with van der Waals surface area (Å²) >= 11 is 1.69. The first-order chi connectivity index (χ1) is 13.0. The number of thiophene rings is 1. The van der Waals surface area contributed by atoms with E-state index in [2.05, 4.69) is 18.3 Å². The van der Waals surface area contributed by atoms with Crippen molar-refractivity contribution in [1.82, 2.24) is 10.2 Å². The molecular formula is C22H32N2O2S. The van der Waals surface area contributed by atoms with E-state index in [9.17, 15) is 9.59 Å². The van der Waals surface area contributed by atoms with Gasteiger partial charge in [-0.1, -0.05) is 6.07 Å². The Morgan fingerprint density at radius 3 is 2.41 bits per heavy atom. The van der Waals surface area contributed by atoms with Gasteiger partial charge >= 0.3 is 0 Å². The van der Waals surface area contributed by atoms with Crippen molar-refractivity contribution in [3.8, 4) is 0 Å². The summed E-state index contributed by atoms with van der Waals surface area (Å²) in [6.07, 6.45) is 8.59. The zero-order valence-electron chi connectivity index (χ0n) is 16.6. The first-order valence-electron chi connectivity index (χ1n) is 10.5. The Kier molecular flexibility index (Phi) is 5.32. The third-order valence-corrected chi connectivity index (χ3v) is 8.34. The molecule has 4 saturated carbocycles. The summed E-state index contributed by atoms with van der Waals surface area (Å²) in [4.78, 5) is 28.4. The summed E-state index contributed by atoms with van der Waals surface area (Å²) in [5.41, 5.74) is -0.0801. The normalized spacial score (nSPS) is 32.3. The number of nitrogens with zero attached hydrogens (tertiary/aromatic N) is 1. The van der Waals surface area contributed by atoms with Crippen molar-refractivity contribution in [2.75, 3.05) is 13.6 Å². The fourth-order valence-electron chi connectivity index (χ4n) is 6.13. The lowest BCUT2D eigenvalue weighted by Gasteiger charge is -2.55. The predicted octanol–water partition coefficient (Wildman–Crippen LogP) is 4.38. The monoisotopic (exact) mass is 388 g/mol. The lowest BCUT2D eigenvalue weighted by molar-refractivity contribution is -0.146. The SMILES string of the molecule is CC(c1cccs1)N(C)C(=O)CCCNC(=O)C12CC3CC(CC(C3)C1)C2. The summed E-state index contributed by atoms with van der Waals surface area (Å²) in [6, 6.07) is 4.21. The second kappa shape index (κ2) is 7.57. The molecule has 1 heterocycles. The highest BCUT2D eigenvalue weighted by atomic mass is 32.1. The van der Waals surface area contributed by atoms with Crippen LogP contribution in [0.2, 0.25) is 0 Å². The zero-order chi connectivity index (χ0) is 19.0. The van der Waals surface area contributed by atoms with E-state index in [4.69, 9.17) is 0 Å². The Bertz CT molecular complexity index is 649. The maximum absolute atomic E-state index is 12.9. The molecule has 1 N–H and O–H groups in total. The number of hydrogen-bond acceptors (Lipinski definition) is 3. The highest BCUT2D eigenvalue weighted by Gasteiger charge is 2.54. The van der Waals surface area contributed by atoms with Crippen molar-refractivity contribution >= 4 is 23.2 Å². The Morgan fingerprint density at radius 1 is 1.22 bits per heavy atom. The number of rotatable bonds is 7. The molecule has 0 aliphatic heterocycles. The molecule has 1 aromatic heterocycles. The summed E-state index contributed by atoms with van der Waals surface area (Å²) < 4.78 is 0. The molecule has 1 aromatic rings. The van der Waals surface area contributed by atoms with Gasteiger partial charge in [0.2, 0.25) is 11.8 Å². The van der Waals surface area contributed by atoms with Gasteiger partial charge in [0.05, 0.1) is 6.04 Å². The molecule has 0 aromatic carbocycles. The van der Waals surface area contributed by atoms with Gasteiger partial charge in [-0.2, -0.15) is 0 Å². The number of carbonyl (C=O) groups excluding carboxylic acids is 2. The van der Waals surface area contributed by atoms with Gasteiger partial charge in [-0.15, -0.1) is 11.3 Å². The van der Waals surface area contributed by atoms with Crippen LogP contribution in [0.3, 0.4) is 0 Å². The van der Waals surface area contributed by atoms with E-state index in [1.54, 1.807) is 11.3 Å². The molecule has 4 aliphatic rings. The van der Waals surface area contributed by atoms with E-state index in [-0.39, 0.29) is 23.3 Å². The van der Waals surface area contributed by atoms with Crippen LogP contribution in [-0.4, -0.2) is 30.3 Å². The number of nitrogens with one attached hydrogen (secondary N) is 1. The van der Waals surface area contributed by atoms with Crippen LogP contribution < -0.4 is 5.32 Å². The average molecular weight is 389 g/mol. The van der Waals surface area contributed by atoms with E-state index in [0.29, 0.717) is 13.0 Å². The van der Waals surface area contributed by atoms with Crippen LogP contribution in [0.4, 0.5) is 0 Å². The first-order valence-corrected chi connectivity index (χ1v) is 11.4. The Labute approximate surface area is 166 Å². The summed E-state index contributed by atoms with van der Waals surface area (Å²) in [7, 11) is 1.88.